The number of hydrogen-bond acceptors (Lipinski definition) is 8. The van der Waals surface area contributed by atoms with Crippen molar-refractivity contribution in [2.75, 3.05) is 55.4 Å². The molecule has 162 valence electrons. The summed E-state index contributed by atoms with van der Waals surface area (Å²) in [5, 5.41) is 9.88. The minimum atomic E-state index is -1.09. The molecule has 3 heterocycles. The number of amidine groups is 1. The van der Waals surface area contributed by atoms with E-state index in [0.717, 1.165) is 55.4 Å². The fraction of sp³-hybridized carbons (Fsp3) is 0.550. The zero-order chi connectivity index (χ0) is 21.3. The first-order valence-corrected chi connectivity index (χ1v) is 11.6. The molecule has 0 bridgehead atoms. The molecule has 0 radical (unpaired) electrons. The number of rotatable bonds is 6. The molecule has 1 atom stereocenters. The predicted octanol–water partition coefficient (Wildman–Crippen LogP) is 0.238. The molecule has 3 aliphatic rings. The van der Waals surface area contributed by atoms with Crippen LogP contribution in [0.4, 0.5) is 11.8 Å². The highest BCUT2D eigenvalue weighted by molar-refractivity contribution is 7.91. The van der Waals surface area contributed by atoms with E-state index in [1.165, 1.54) is 12.4 Å². The third-order valence-electron chi connectivity index (χ3n) is 6.16. The highest BCUT2D eigenvalue weighted by Crippen LogP contribution is 2.45. The number of hydrogen-bond donors (Lipinski definition) is 2. The summed E-state index contributed by atoms with van der Waals surface area (Å²) in [5.41, 5.74) is 6.13. The molecular weight excluding hydrogens is 402 g/mol. The topological polar surface area (TPSA) is 117 Å². The molecular formula is C20H29N7O2S. The van der Waals surface area contributed by atoms with Crippen molar-refractivity contribution in [3.05, 3.63) is 30.7 Å². The van der Waals surface area contributed by atoms with Gasteiger partial charge in [0.15, 0.2) is 5.82 Å². The van der Waals surface area contributed by atoms with Crippen LogP contribution in [0.25, 0.3) is 0 Å². The van der Waals surface area contributed by atoms with Crippen molar-refractivity contribution >= 4 is 28.8 Å². The van der Waals surface area contributed by atoms with E-state index < -0.39 is 11.2 Å². The zero-order valence-electron chi connectivity index (χ0n) is 17.3. The van der Waals surface area contributed by atoms with Gasteiger partial charge in [0.05, 0.1) is 12.1 Å². The van der Waals surface area contributed by atoms with Gasteiger partial charge in [0, 0.05) is 45.8 Å². The fourth-order valence-corrected chi connectivity index (χ4v) is 5.43. The fourth-order valence-electron chi connectivity index (χ4n) is 4.05. The maximum atomic E-state index is 12.6. The van der Waals surface area contributed by atoms with E-state index in [9.17, 15) is 9.66 Å². The molecule has 0 amide bonds. The molecule has 9 nitrogen and oxygen atoms in total. The largest absolute Gasteiger partial charge is 0.611 e. The molecule has 0 aromatic carbocycles. The van der Waals surface area contributed by atoms with Crippen LogP contribution in [-0.4, -0.2) is 81.5 Å². The maximum Gasteiger partial charge on any atom is 0.228 e. The van der Waals surface area contributed by atoms with Crippen LogP contribution in [0.1, 0.15) is 18.5 Å². The molecule has 10 heteroatoms. The first-order chi connectivity index (χ1) is 14.5. The second-order valence-corrected chi connectivity index (χ2v) is 9.37. The van der Waals surface area contributed by atoms with E-state index in [-0.39, 0.29) is 12.1 Å². The molecule has 4 rings (SSSR count). The lowest BCUT2D eigenvalue weighted by Crippen LogP contribution is -2.49. The first-order valence-electron chi connectivity index (χ1n) is 10.2. The molecule has 1 saturated heterocycles. The molecule has 1 aliphatic carbocycles. The van der Waals surface area contributed by atoms with E-state index in [0.29, 0.717) is 23.9 Å². The molecule has 1 saturated carbocycles. The molecule has 1 aromatic heterocycles. The molecule has 1 unspecified atom stereocenters. The lowest BCUT2D eigenvalue weighted by molar-refractivity contribution is 0.251. The second kappa shape index (κ2) is 8.44. The van der Waals surface area contributed by atoms with Gasteiger partial charge in [0.2, 0.25) is 10.8 Å². The van der Waals surface area contributed by atoms with E-state index >= 15 is 0 Å². The Bertz CT molecular complexity index is 863. The van der Waals surface area contributed by atoms with Crippen LogP contribution in [0, 0.1) is 0 Å². The van der Waals surface area contributed by atoms with Crippen molar-refractivity contribution in [1.29, 1.82) is 0 Å². The summed E-state index contributed by atoms with van der Waals surface area (Å²) in [6.45, 7) is 6.74. The van der Waals surface area contributed by atoms with Gasteiger partial charge < -0.3 is 30.1 Å². The van der Waals surface area contributed by atoms with Crippen LogP contribution in [-0.2, 0) is 17.6 Å². The minimum absolute atomic E-state index is 0.0724. The Balaban J connectivity index is 1.58. The van der Waals surface area contributed by atoms with Crippen molar-refractivity contribution in [2.45, 2.75) is 29.7 Å². The van der Waals surface area contributed by atoms with Crippen molar-refractivity contribution in [3.8, 4) is 0 Å². The Morgan fingerprint density at radius 2 is 2.10 bits per heavy atom. The van der Waals surface area contributed by atoms with E-state index in [1.54, 1.807) is 6.08 Å². The number of anilines is 2. The monoisotopic (exact) mass is 431 g/mol. The summed E-state index contributed by atoms with van der Waals surface area (Å²) >= 11 is -1.09. The zero-order valence-corrected chi connectivity index (χ0v) is 18.1. The van der Waals surface area contributed by atoms with Gasteiger partial charge in [0.1, 0.15) is 17.3 Å². The smallest absolute Gasteiger partial charge is 0.228 e. The summed E-state index contributed by atoms with van der Waals surface area (Å²) in [6.07, 6.45) is 7.30. The first kappa shape index (κ1) is 21.0. The van der Waals surface area contributed by atoms with Crippen LogP contribution >= 0.6 is 0 Å². The molecule has 0 spiro atoms. The quantitative estimate of drug-likeness (QED) is 0.374. The highest BCUT2D eigenvalue weighted by Gasteiger charge is 2.49. The van der Waals surface area contributed by atoms with Crippen molar-refractivity contribution in [3.63, 3.8) is 0 Å². The number of aliphatic imine (C=N–C) groups is 1. The number of piperazine rings is 1. The second-order valence-electron chi connectivity index (χ2n) is 7.87. The van der Waals surface area contributed by atoms with E-state index in [1.807, 2.05) is 11.9 Å². The van der Waals surface area contributed by atoms with E-state index in [2.05, 4.69) is 21.4 Å². The molecule has 3 N–H and O–H groups in total. The number of nitrogens with two attached hydrogens (primary N) is 1. The lowest BCUT2D eigenvalue weighted by Gasteiger charge is -2.36. The number of nitrogens with zero attached hydrogens (tertiary/aromatic N) is 6. The van der Waals surface area contributed by atoms with E-state index in [4.69, 9.17) is 15.7 Å². The van der Waals surface area contributed by atoms with Gasteiger partial charge in [-0.25, -0.2) is 9.98 Å². The minimum Gasteiger partial charge on any atom is -0.611 e. The molecule has 2 fully saturated rings. The van der Waals surface area contributed by atoms with Crippen LogP contribution in [0.3, 0.4) is 0 Å². The van der Waals surface area contributed by atoms with Crippen LogP contribution in [0.5, 0.6) is 0 Å². The van der Waals surface area contributed by atoms with Gasteiger partial charge in [-0.15, -0.1) is 0 Å². The van der Waals surface area contributed by atoms with Gasteiger partial charge >= 0.3 is 0 Å². The predicted molar refractivity (Wildman–Crippen MR) is 119 cm³/mol. The van der Waals surface area contributed by atoms with Gasteiger partial charge in [-0.3, -0.25) is 0 Å². The summed E-state index contributed by atoms with van der Waals surface area (Å²) < 4.78 is 12.6. The van der Waals surface area contributed by atoms with Crippen molar-refractivity contribution < 1.29 is 9.66 Å². The average molecular weight is 432 g/mol. The van der Waals surface area contributed by atoms with Gasteiger partial charge in [-0.2, -0.15) is 4.98 Å². The Hall–Kier alpha value is -2.30. The van der Waals surface area contributed by atoms with Crippen LogP contribution in [0.2, 0.25) is 0 Å². The van der Waals surface area contributed by atoms with Crippen molar-refractivity contribution in [1.82, 2.24) is 14.9 Å². The van der Waals surface area contributed by atoms with Crippen LogP contribution in [0.15, 0.2) is 34.9 Å². The number of aliphatic hydroxyl groups excluding tert-OH is 1. The van der Waals surface area contributed by atoms with Crippen molar-refractivity contribution in [2.24, 2.45) is 10.7 Å². The standard InChI is InChI=1S/C20H29N7O2S/c1-3-22-16(4-8-21)26-9-11-27(12-10-26)19-23-15-5-13-30(29)17(15)18(24-19)25(2)20(14-28)6-7-20/h3-4,8,28H,1,5-7,9-14,21H2,2H3/b8-4-,22-16+. The molecule has 1 aromatic rings. The van der Waals surface area contributed by atoms with Gasteiger partial charge in [-0.05, 0) is 36.3 Å². The summed E-state index contributed by atoms with van der Waals surface area (Å²) in [6, 6.07) is 0. The third kappa shape index (κ3) is 3.75. The number of aromatic nitrogens is 2. The summed E-state index contributed by atoms with van der Waals surface area (Å²) in [7, 11) is 1.94. The van der Waals surface area contributed by atoms with Gasteiger partial charge in [-0.1, -0.05) is 6.58 Å². The SMILES string of the molecule is C=C/N=C(\C=C/N)N1CCN(c2nc3c(c(N(C)C4(CO)CC4)n2)[S+]([O-])CC3)CC1. The Morgan fingerprint density at radius 3 is 2.70 bits per heavy atom. The summed E-state index contributed by atoms with van der Waals surface area (Å²) in [5.74, 6) is 2.75. The third-order valence-corrected chi connectivity index (χ3v) is 7.61. The number of likely N-dealkylation sites (N-methyl/N-ethyl adjacent to an activating group) is 1. The highest BCUT2D eigenvalue weighted by atomic mass is 32.2. The molecule has 30 heavy (non-hydrogen) atoms. The molecule has 2 aliphatic heterocycles. The average Bonchev–Trinajstić information content (AvgIpc) is 3.49. The Morgan fingerprint density at radius 1 is 1.37 bits per heavy atom. The lowest BCUT2D eigenvalue weighted by atomic mass is 10.2. The normalized spacial score (nSPS) is 23.0. The number of aryl methyl sites for hydroxylation is 1. The maximum absolute atomic E-state index is 12.6. The Kier molecular flexibility index (Phi) is 5.90. The number of fused-ring (bicyclic) bond motifs is 1. The number of aliphatic hydroxyl groups is 1. The van der Waals surface area contributed by atoms with Crippen LogP contribution < -0.4 is 15.5 Å². The van der Waals surface area contributed by atoms with Gasteiger partial charge in [0.25, 0.3) is 0 Å². The summed E-state index contributed by atoms with van der Waals surface area (Å²) in [4.78, 5) is 21.0. The Labute approximate surface area is 180 Å².